The SMILES string of the molecule is Cc1cnn(CC2CCN(C(=O)CCc3csc(N)n3)CC2)c1. The summed E-state index contributed by atoms with van der Waals surface area (Å²) < 4.78 is 2.02. The number of piperidine rings is 1. The zero-order valence-corrected chi connectivity index (χ0v) is 14.3. The number of carbonyl (C=O) groups excluding carboxylic acids is 1. The Labute approximate surface area is 140 Å². The number of nitrogens with zero attached hydrogens (tertiary/aromatic N) is 4. The van der Waals surface area contributed by atoms with E-state index in [4.69, 9.17) is 5.73 Å². The molecule has 2 aromatic rings. The molecule has 7 heteroatoms. The van der Waals surface area contributed by atoms with Gasteiger partial charge in [0.05, 0.1) is 11.9 Å². The van der Waals surface area contributed by atoms with Crippen LogP contribution < -0.4 is 5.73 Å². The number of hydrogen-bond donors (Lipinski definition) is 1. The Morgan fingerprint density at radius 1 is 1.43 bits per heavy atom. The van der Waals surface area contributed by atoms with Crippen molar-refractivity contribution in [2.45, 2.75) is 39.2 Å². The lowest BCUT2D eigenvalue weighted by atomic mass is 9.96. The highest BCUT2D eigenvalue weighted by Gasteiger charge is 2.23. The fourth-order valence-electron chi connectivity index (χ4n) is 3.03. The summed E-state index contributed by atoms with van der Waals surface area (Å²) in [5, 5.41) is 6.85. The van der Waals surface area contributed by atoms with Crippen LogP contribution in [0.3, 0.4) is 0 Å². The van der Waals surface area contributed by atoms with Crippen LogP contribution in [-0.4, -0.2) is 38.7 Å². The number of anilines is 1. The first-order chi connectivity index (χ1) is 11.1. The summed E-state index contributed by atoms with van der Waals surface area (Å²) in [5.41, 5.74) is 7.73. The van der Waals surface area contributed by atoms with Crippen LogP contribution in [0.15, 0.2) is 17.8 Å². The van der Waals surface area contributed by atoms with E-state index in [1.54, 1.807) is 0 Å². The van der Waals surface area contributed by atoms with Crippen LogP contribution in [0.2, 0.25) is 0 Å². The third-order valence-corrected chi connectivity index (χ3v) is 5.06. The van der Waals surface area contributed by atoms with Crippen LogP contribution in [0.5, 0.6) is 0 Å². The van der Waals surface area contributed by atoms with E-state index >= 15 is 0 Å². The maximum absolute atomic E-state index is 12.3. The average Bonchev–Trinajstić information content (AvgIpc) is 3.14. The van der Waals surface area contributed by atoms with Gasteiger partial charge >= 0.3 is 0 Å². The van der Waals surface area contributed by atoms with Crippen molar-refractivity contribution in [3.63, 3.8) is 0 Å². The van der Waals surface area contributed by atoms with E-state index < -0.39 is 0 Å². The summed E-state index contributed by atoms with van der Waals surface area (Å²) in [6.45, 7) is 4.71. The Balaban J connectivity index is 1.42. The number of hydrogen-bond acceptors (Lipinski definition) is 5. The van der Waals surface area contributed by atoms with Crippen molar-refractivity contribution in [3.8, 4) is 0 Å². The van der Waals surface area contributed by atoms with Crippen molar-refractivity contribution >= 4 is 22.4 Å². The van der Waals surface area contributed by atoms with Crippen molar-refractivity contribution in [1.82, 2.24) is 19.7 Å². The van der Waals surface area contributed by atoms with Crippen LogP contribution in [0.4, 0.5) is 5.13 Å². The molecule has 0 spiro atoms. The van der Waals surface area contributed by atoms with E-state index in [2.05, 4.69) is 23.2 Å². The van der Waals surface area contributed by atoms with Gasteiger partial charge in [-0.05, 0) is 37.7 Å². The third-order valence-electron chi connectivity index (χ3n) is 4.34. The van der Waals surface area contributed by atoms with Gasteiger partial charge in [-0.15, -0.1) is 11.3 Å². The second-order valence-corrected chi connectivity index (χ2v) is 7.13. The van der Waals surface area contributed by atoms with Gasteiger partial charge < -0.3 is 10.6 Å². The lowest BCUT2D eigenvalue weighted by Gasteiger charge is -2.32. The van der Waals surface area contributed by atoms with Gasteiger partial charge in [0.1, 0.15) is 0 Å². The van der Waals surface area contributed by atoms with E-state index in [9.17, 15) is 4.79 Å². The minimum absolute atomic E-state index is 0.227. The number of rotatable bonds is 5. The normalized spacial score (nSPS) is 16.0. The second kappa shape index (κ2) is 7.12. The molecule has 0 bridgehead atoms. The van der Waals surface area contributed by atoms with Crippen LogP contribution in [0, 0.1) is 12.8 Å². The fraction of sp³-hybridized carbons (Fsp3) is 0.562. The Hall–Kier alpha value is -1.89. The molecule has 0 saturated carbocycles. The second-order valence-electron chi connectivity index (χ2n) is 6.24. The molecule has 1 fully saturated rings. The van der Waals surface area contributed by atoms with Gasteiger partial charge in [0, 0.05) is 37.6 Å². The first-order valence-electron chi connectivity index (χ1n) is 8.07. The molecule has 1 aliphatic heterocycles. The summed E-state index contributed by atoms with van der Waals surface area (Å²) in [5.74, 6) is 0.835. The van der Waals surface area contributed by atoms with Gasteiger partial charge in [-0.25, -0.2) is 4.98 Å². The number of thiazole rings is 1. The molecule has 1 saturated heterocycles. The minimum atomic E-state index is 0.227. The predicted molar refractivity (Wildman–Crippen MR) is 91.1 cm³/mol. The van der Waals surface area contributed by atoms with E-state index in [0.29, 0.717) is 23.9 Å². The highest BCUT2D eigenvalue weighted by atomic mass is 32.1. The number of nitrogens with two attached hydrogens (primary N) is 1. The zero-order chi connectivity index (χ0) is 16.2. The number of aryl methyl sites for hydroxylation is 2. The molecule has 6 nitrogen and oxygen atoms in total. The van der Waals surface area contributed by atoms with E-state index in [-0.39, 0.29) is 5.91 Å². The lowest BCUT2D eigenvalue weighted by Crippen LogP contribution is -2.39. The summed E-state index contributed by atoms with van der Waals surface area (Å²) in [6, 6.07) is 0. The van der Waals surface area contributed by atoms with Crippen LogP contribution in [0.1, 0.15) is 30.5 Å². The Bertz CT molecular complexity index is 657. The Morgan fingerprint density at radius 2 is 2.22 bits per heavy atom. The Morgan fingerprint density at radius 3 is 2.83 bits per heavy atom. The summed E-state index contributed by atoms with van der Waals surface area (Å²) in [6.07, 6.45) is 7.27. The van der Waals surface area contributed by atoms with Gasteiger partial charge in [0.2, 0.25) is 5.91 Å². The predicted octanol–water partition coefficient (Wildman–Crippen LogP) is 2.10. The molecule has 124 valence electrons. The minimum Gasteiger partial charge on any atom is -0.375 e. The van der Waals surface area contributed by atoms with Crippen molar-refractivity contribution in [2.75, 3.05) is 18.8 Å². The highest BCUT2D eigenvalue weighted by molar-refractivity contribution is 7.13. The van der Waals surface area contributed by atoms with Crippen molar-refractivity contribution in [3.05, 3.63) is 29.0 Å². The topological polar surface area (TPSA) is 77.0 Å². The van der Waals surface area contributed by atoms with Gasteiger partial charge in [-0.2, -0.15) is 5.10 Å². The van der Waals surface area contributed by atoms with E-state index in [1.807, 2.05) is 21.2 Å². The first kappa shape index (κ1) is 16.0. The molecule has 2 N–H and O–H groups in total. The van der Waals surface area contributed by atoms with E-state index in [0.717, 1.165) is 38.2 Å². The molecule has 0 aromatic carbocycles. The van der Waals surface area contributed by atoms with Crippen LogP contribution >= 0.6 is 11.3 Å². The highest BCUT2D eigenvalue weighted by Crippen LogP contribution is 2.20. The molecule has 1 amide bonds. The maximum Gasteiger partial charge on any atom is 0.222 e. The standard InChI is InChI=1S/C16H23N5OS/c1-12-8-18-21(9-12)10-13-4-6-20(7-5-13)15(22)3-2-14-11-23-16(17)19-14/h8-9,11,13H,2-7,10H2,1H3,(H2,17,19). The molecule has 0 unspecified atom stereocenters. The molecule has 0 aliphatic carbocycles. The number of amides is 1. The van der Waals surface area contributed by atoms with E-state index in [1.165, 1.54) is 16.9 Å². The molecule has 0 radical (unpaired) electrons. The van der Waals surface area contributed by atoms with Crippen molar-refractivity contribution in [2.24, 2.45) is 5.92 Å². The van der Waals surface area contributed by atoms with Gasteiger partial charge in [-0.1, -0.05) is 0 Å². The van der Waals surface area contributed by atoms with Crippen LogP contribution in [0.25, 0.3) is 0 Å². The number of carbonyl (C=O) groups is 1. The maximum atomic E-state index is 12.3. The zero-order valence-electron chi connectivity index (χ0n) is 13.4. The lowest BCUT2D eigenvalue weighted by molar-refractivity contribution is -0.132. The monoisotopic (exact) mass is 333 g/mol. The Kier molecular flexibility index (Phi) is 4.95. The molecular formula is C16H23N5OS. The molecule has 2 aromatic heterocycles. The van der Waals surface area contributed by atoms with Crippen LogP contribution in [-0.2, 0) is 17.8 Å². The average molecular weight is 333 g/mol. The summed E-state index contributed by atoms with van der Waals surface area (Å²) in [4.78, 5) is 18.5. The summed E-state index contributed by atoms with van der Waals surface area (Å²) >= 11 is 1.43. The molecule has 3 heterocycles. The third kappa shape index (κ3) is 4.31. The molecule has 0 atom stereocenters. The van der Waals surface area contributed by atoms with Crippen molar-refractivity contribution < 1.29 is 4.79 Å². The smallest absolute Gasteiger partial charge is 0.222 e. The molecule has 3 rings (SSSR count). The van der Waals surface area contributed by atoms with Gasteiger partial charge in [-0.3, -0.25) is 9.48 Å². The summed E-state index contributed by atoms with van der Waals surface area (Å²) in [7, 11) is 0. The number of nitrogen functional groups attached to an aromatic ring is 1. The quantitative estimate of drug-likeness (QED) is 0.909. The first-order valence-corrected chi connectivity index (χ1v) is 8.95. The van der Waals surface area contributed by atoms with Crippen molar-refractivity contribution in [1.29, 1.82) is 0 Å². The van der Waals surface area contributed by atoms with Gasteiger partial charge in [0.25, 0.3) is 0 Å². The molecule has 1 aliphatic rings. The number of aromatic nitrogens is 3. The number of likely N-dealkylation sites (tertiary alicyclic amines) is 1. The van der Waals surface area contributed by atoms with Gasteiger partial charge in [0.15, 0.2) is 5.13 Å². The largest absolute Gasteiger partial charge is 0.375 e. The molecular weight excluding hydrogens is 310 g/mol. The molecule has 23 heavy (non-hydrogen) atoms. The fourth-order valence-corrected chi connectivity index (χ4v) is 3.62.